The van der Waals surface area contributed by atoms with E-state index in [2.05, 4.69) is 15.3 Å². The van der Waals surface area contributed by atoms with E-state index in [4.69, 9.17) is 5.11 Å². The van der Waals surface area contributed by atoms with E-state index in [-0.39, 0.29) is 6.10 Å². The van der Waals surface area contributed by atoms with Gasteiger partial charge in [0, 0.05) is 12.7 Å². The van der Waals surface area contributed by atoms with Crippen molar-refractivity contribution in [2.24, 2.45) is 0 Å². The third-order valence-electron chi connectivity index (χ3n) is 2.12. The summed E-state index contributed by atoms with van der Waals surface area (Å²) in [6.45, 7) is 5.38. The summed E-state index contributed by atoms with van der Waals surface area (Å²) in [5, 5.41) is 12.3. The van der Waals surface area contributed by atoms with Gasteiger partial charge < -0.3 is 10.4 Å². The number of aryl methyl sites for hydroxylation is 1. The van der Waals surface area contributed by atoms with E-state index in [0.717, 1.165) is 37.4 Å². The highest BCUT2D eigenvalue weighted by atomic mass is 16.3. The maximum Gasteiger partial charge on any atom is 0.125 e. The van der Waals surface area contributed by atoms with Gasteiger partial charge in [-0.2, -0.15) is 0 Å². The first-order chi connectivity index (χ1) is 7.18. The summed E-state index contributed by atoms with van der Waals surface area (Å²) in [4.78, 5) is 8.32. The smallest absolute Gasteiger partial charge is 0.125 e. The normalized spacial score (nSPS) is 12.7. The molecule has 0 saturated heterocycles. The summed E-state index contributed by atoms with van der Waals surface area (Å²) < 4.78 is 0. The molecule has 0 aliphatic carbocycles. The van der Waals surface area contributed by atoms with Crippen LogP contribution in [0.3, 0.4) is 0 Å². The molecular formula is C11H19N3O. The van der Waals surface area contributed by atoms with E-state index >= 15 is 0 Å². The Bertz CT molecular complexity index is 289. The number of aliphatic hydroxyl groups is 1. The minimum absolute atomic E-state index is 0.201. The van der Waals surface area contributed by atoms with E-state index in [9.17, 15) is 0 Å². The van der Waals surface area contributed by atoms with Gasteiger partial charge in [-0.05, 0) is 39.3 Å². The highest BCUT2D eigenvalue weighted by molar-refractivity contribution is 5.00. The lowest BCUT2D eigenvalue weighted by Crippen LogP contribution is -2.17. The van der Waals surface area contributed by atoms with E-state index < -0.39 is 0 Å². The molecule has 4 heteroatoms. The van der Waals surface area contributed by atoms with Crippen LogP contribution >= 0.6 is 0 Å². The zero-order valence-electron chi connectivity index (χ0n) is 9.40. The van der Waals surface area contributed by atoms with Crippen LogP contribution in [0.15, 0.2) is 12.3 Å². The van der Waals surface area contributed by atoms with E-state index in [0.29, 0.717) is 0 Å². The third kappa shape index (κ3) is 5.44. The fraction of sp³-hybridized carbons (Fsp3) is 0.636. The molecule has 1 rings (SSSR count). The molecule has 84 valence electrons. The molecule has 2 N–H and O–H groups in total. The molecule has 0 aromatic carbocycles. The Balaban J connectivity index is 2.15. The van der Waals surface area contributed by atoms with Crippen LogP contribution in [0.2, 0.25) is 0 Å². The molecule has 0 amide bonds. The second-order valence-corrected chi connectivity index (χ2v) is 3.76. The number of aliphatic hydroxyl groups excluding tert-OH is 1. The maximum absolute atomic E-state index is 9.06. The van der Waals surface area contributed by atoms with Gasteiger partial charge in [0.1, 0.15) is 5.82 Å². The fourth-order valence-electron chi connectivity index (χ4n) is 1.34. The topological polar surface area (TPSA) is 58.0 Å². The van der Waals surface area contributed by atoms with Gasteiger partial charge in [-0.3, -0.25) is 0 Å². The SMILES string of the molecule is Cc1nccc(CNCCCC(C)O)n1. The minimum atomic E-state index is -0.201. The summed E-state index contributed by atoms with van der Waals surface area (Å²) in [6, 6.07) is 1.91. The average molecular weight is 209 g/mol. The lowest BCUT2D eigenvalue weighted by Gasteiger charge is -2.06. The Labute approximate surface area is 90.8 Å². The van der Waals surface area contributed by atoms with Gasteiger partial charge in [0.25, 0.3) is 0 Å². The number of nitrogens with zero attached hydrogens (tertiary/aromatic N) is 2. The van der Waals surface area contributed by atoms with Gasteiger partial charge in [0.2, 0.25) is 0 Å². The molecule has 0 bridgehead atoms. The van der Waals surface area contributed by atoms with Crippen molar-refractivity contribution in [2.75, 3.05) is 6.54 Å². The molecule has 0 aliphatic heterocycles. The van der Waals surface area contributed by atoms with Crippen LogP contribution in [0.25, 0.3) is 0 Å². The minimum Gasteiger partial charge on any atom is -0.393 e. The lowest BCUT2D eigenvalue weighted by atomic mass is 10.2. The van der Waals surface area contributed by atoms with Gasteiger partial charge in [-0.15, -0.1) is 0 Å². The molecule has 0 aliphatic rings. The van der Waals surface area contributed by atoms with Crippen LogP contribution < -0.4 is 5.32 Å². The molecule has 1 unspecified atom stereocenters. The summed E-state index contributed by atoms with van der Waals surface area (Å²) in [5.41, 5.74) is 1.01. The first-order valence-corrected chi connectivity index (χ1v) is 5.36. The second kappa shape index (κ2) is 6.48. The number of nitrogens with one attached hydrogen (secondary N) is 1. The van der Waals surface area contributed by atoms with Crippen LogP contribution in [-0.4, -0.2) is 27.7 Å². The summed E-state index contributed by atoms with van der Waals surface area (Å²) in [6.07, 6.45) is 3.40. The predicted molar refractivity (Wildman–Crippen MR) is 59.4 cm³/mol. The zero-order valence-corrected chi connectivity index (χ0v) is 9.40. The van der Waals surface area contributed by atoms with Crippen molar-refractivity contribution in [3.63, 3.8) is 0 Å². The molecular weight excluding hydrogens is 190 g/mol. The van der Waals surface area contributed by atoms with Crippen molar-refractivity contribution >= 4 is 0 Å². The highest BCUT2D eigenvalue weighted by Crippen LogP contribution is 1.96. The van der Waals surface area contributed by atoms with Gasteiger partial charge in [-0.25, -0.2) is 9.97 Å². The molecule has 1 atom stereocenters. The number of hydrogen-bond acceptors (Lipinski definition) is 4. The van der Waals surface area contributed by atoms with Crippen LogP contribution in [0.5, 0.6) is 0 Å². The maximum atomic E-state index is 9.06. The standard InChI is InChI=1S/C11H19N3O/c1-9(15)4-3-6-12-8-11-5-7-13-10(2)14-11/h5,7,9,12,15H,3-4,6,8H2,1-2H3. The van der Waals surface area contributed by atoms with E-state index in [1.54, 1.807) is 6.20 Å². The van der Waals surface area contributed by atoms with Gasteiger partial charge in [-0.1, -0.05) is 0 Å². The van der Waals surface area contributed by atoms with Crippen LogP contribution in [-0.2, 0) is 6.54 Å². The summed E-state index contributed by atoms with van der Waals surface area (Å²) in [5.74, 6) is 0.804. The Morgan fingerprint density at radius 2 is 2.33 bits per heavy atom. The molecule has 1 aromatic heterocycles. The Morgan fingerprint density at radius 1 is 1.53 bits per heavy atom. The van der Waals surface area contributed by atoms with Gasteiger partial charge >= 0.3 is 0 Å². The first-order valence-electron chi connectivity index (χ1n) is 5.36. The second-order valence-electron chi connectivity index (χ2n) is 3.76. The molecule has 4 nitrogen and oxygen atoms in total. The van der Waals surface area contributed by atoms with Crippen molar-refractivity contribution in [1.82, 2.24) is 15.3 Å². The van der Waals surface area contributed by atoms with Crippen LogP contribution in [0, 0.1) is 6.92 Å². The monoisotopic (exact) mass is 209 g/mol. The molecule has 0 spiro atoms. The molecule has 15 heavy (non-hydrogen) atoms. The molecule has 1 aromatic rings. The molecule has 0 radical (unpaired) electrons. The van der Waals surface area contributed by atoms with Crippen molar-refractivity contribution in [3.05, 3.63) is 23.8 Å². The average Bonchev–Trinajstić information content (AvgIpc) is 2.17. The van der Waals surface area contributed by atoms with E-state index in [1.165, 1.54) is 0 Å². The third-order valence-corrected chi connectivity index (χ3v) is 2.12. The van der Waals surface area contributed by atoms with Gasteiger partial charge in [0.15, 0.2) is 0 Å². The lowest BCUT2D eigenvalue weighted by molar-refractivity contribution is 0.181. The van der Waals surface area contributed by atoms with Gasteiger partial charge in [0.05, 0.1) is 11.8 Å². The number of hydrogen-bond donors (Lipinski definition) is 2. The predicted octanol–water partition coefficient (Wildman–Crippen LogP) is 1.04. The number of aromatic nitrogens is 2. The summed E-state index contributed by atoms with van der Waals surface area (Å²) >= 11 is 0. The van der Waals surface area contributed by atoms with E-state index in [1.807, 2.05) is 19.9 Å². The Hall–Kier alpha value is -1.00. The highest BCUT2D eigenvalue weighted by Gasteiger charge is 1.97. The van der Waals surface area contributed by atoms with Crippen molar-refractivity contribution in [2.45, 2.75) is 39.3 Å². The quantitative estimate of drug-likeness (QED) is 0.687. The molecule has 0 saturated carbocycles. The summed E-state index contributed by atoms with van der Waals surface area (Å²) in [7, 11) is 0. The molecule has 1 heterocycles. The van der Waals surface area contributed by atoms with Crippen molar-refractivity contribution in [3.8, 4) is 0 Å². The Morgan fingerprint density at radius 3 is 3.00 bits per heavy atom. The first kappa shape index (κ1) is 12.1. The van der Waals surface area contributed by atoms with Crippen molar-refractivity contribution in [1.29, 1.82) is 0 Å². The van der Waals surface area contributed by atoms with Crippen LogP contribution in [0.4, 0.5) is 0 Å². The zero-order chi connectivity index (χ0) is 11.1. The largest absolute Gasteiger partial charge is 0.393 e. The Kier molecular flexibility index (Phi) is 5.21. The number of rotatable bonds is 6. The van der Waals surface area contributed by atoms with Crippen LogP contribution in [0.1, 0.15) is 31.3 Å². The fourth-order valence-corrected chi connectivity index (χ4v) is 1.34. The van der Waals surface area contributed by atoms with Crippen molar-refractivity contribution < 1.29 is 5.11 Å². The molecule has 0 fully saturated rings.